The molecule has 53 heavy (non-hydrogen) atoms. The first kappa shape index (κ1) is 44.3. The fraction of sp³-hybridized carbons (Fsp3) is 0.676. The summed E-state index contributed by atoms with van der Waals surface area (Å²) < 4.78 is 32.5. The normalized spacial score (nSPS) is 16.8. The van der Waals surface area contributed by atoms with Gasteiger partial charge in [-0.05, 0) is 30.4 Å². The number of nitrogens with two attached hydrogens (primary N) is 1. The van der Waals surface area contributed by atoms with Gasteiger partial charge in [0.05, 0.1) is 94.9 Å². The highest BCUT2D eigenvalue weighted by Crippen LogP contribution is 2.27. The average molecular weight is 766 g/mol. The summed E-state index contributed by atoms with van der Waals surface area (Å²) in [5.41, 5.74) is 10.1. The number of carbonyl (C=O) groups is 3. The summed E-state index contributed by atoms with van der Waals surface area (Å²) in [6.07, 6.45) is 0.763. The van der Waals surface area contributed by atoms with Crippen molar-refractivity contribution in [3.05, 3.63) is 41.0 Å². The minimum atomic E-state index is -0.875. The quantitative estimate of drug-likeness (QED) is 0.0918. The molecule has 1 aliphatic heterocycles. The number of aromatic nitrogens is 1. The van der Waals surface area contributed by atoms with Crippen molar-refractivity contribution >= 4 is 29.1 Å². The molecule has 298 valence electrons. The van der Waals surface area contributed by atoms with Crippen LogP contribution < -0.4 is 16.4 Å². The molecule has 4 atom stereocenters. The maximum atomic E-state index is 13.9. The molecule has 2 aromatic rings. The molecule has 1 aromatic heterocycles. The van der Waals surface area contributed by atoms with Gasteiger partial charge in [-0.2, -0.15) is 0 Å². The van der Waals surface area contributed by atoms with E-state index in [0.29, 0.717) is 72.4 Å². The number of thiazole rings is 1. The Morgan fingerprint density at radius 1 is 0.925 bits per heavy atom. The minimum Gasteiger partial charge on any atom is -0.391 e. The summed E-state index contributed by atoms with van der Waals surface area (Å²) in [6.45, 7) is 11.0. The van der Waals surface area contributed by atoms with E-state index >= 15 is 0 Å². The molecule has 0 saturated carbocycles. The van der Waals surface area contributed by atoms with E-state index in [1.54, 1.807) is 11.3 Å². The van der Waals surface area contributed by atoms with Crippen molar-refractivity contribution in [3.63, 3.8) is 0 Å². The van der Waals surface area contributed by atoms with Gasteiger partial charge in [0, 0.05) is 26.1 Å². The highest BCUT2D eigenvalue weighted by molar-refractivity contribution is 7.13. The zero-order chi connectivity index (χ0) is 38.3. The number of hydrogen-bond donors (Lipinski definition) is 4. The van der Waals surface area contributed by atoms with E-state index in [4.69, 9.17) is 34.2 Å². The number of likely N-dealkylation sites (tertiary alicyclic amines) is 1. The second kappa shape index (κ2) is 25.9. The van der Waals surface area contributed by atoms with Crippen LogP contribution in [0.5, 0.6) is 0 Å². The first-order valence-electron chi connectivity index (χ1n) is 18.5. The van der Waals surface area contributed by atoms with E-state index in [0.717, 1.165) is 28.1 Å². The SMILES string of the molecule is CCCC(C)[C@H](NC(=O)COCCOCCOCCOCCOCCOCCN)C(=O)N1C[C@H](O)C[C@H]1C(=O)NCc1ccc(-c2scnc2C)cc1. The van der Waals surface area contributed by atoms with Gasteiger partial charge in [-0.1, -0.05) is 44.5 Å². The number of β-amino-alcohol motifs (C(OH)–C–C–N with tert-alkyl or cyclic N) is 1. The van der Waals surface area contributed by atoms with Crippen LogP contribution in [-0.2, 0) is 49.3 Å². The van der Waals surface area contributed by atoms with E-state index in [9.17, 15) is 19.5 Å². The van der Waals surface area contributed by atoms with Gasteiger partial charge in [-0.25, -0.2) is 4.98 Å². The van der Waals surface area contributed by atoms with Crippen LogP contribution in [0.2, 0.25) is 0 Å². The fourth-order valence-electron chi connectivity index (χ4n) is 5.78. The van der Waals surface area contributed by atoms with Crippen LogP contribution in [0, 0.1) is 12.8 Å². The van der Waals surface area contributed by atoms with Crippen LogP contribution >= 0.6 is 11.3 Å². The topological polar surface area (TPSA) is 193 Å². The molecule has 15 nitrogen and oxygen atoms in total. The summed E-state index contributed by atoms with van der Waals surface area (Å²) in [5.74, 6) is -1.40. The number of hydrogen-bond acceptors (Lipinski definition) is 13. The summed E-state index contributed by atoms with van der Waals surface area (Å²) in [7, 11) is 0. The van der Waals surface area contributed by atoms with Crippen LogP contribution in [0.3, 0.4) is 0 Å². The lowest BCUT2D eigenvalue weighted by atomic mass is 9.95. The summed E-state index contributed by atoms with van der Waals surface area (Å²) in [5, 5.41) is 16.3. The van der Waals surface area contributed by atoms with Gasteiger partial charge in [0.25, 0.3) is 0 Å². The number of aryl methyl sites for hydroxylation is 1. The molecular weight excluding hydrogens is 706 g/mol. The minimum absolute atomic E-state index is 0.0109. The molecule has 0 aliphatic carbocycles. The molecule has 3 amide bonds. The van der Waals surface area contributed by atoms with Crippen molar-refractivity contribution < 1.29 is 47.9 Å². The molecule has 1 aromatic carbocycles. The van der Waals surface area contributed by atoms with Crippen LogP contribution in [0.4, 0.5) is 0 Å². The van der Waals surface area contributed by atoms with Crippen molar-refractivity contribution in [3.8, 4) is 10.4 Å². The lowest BCUT2D eigenvalue weighted by Crippen LogP contribution is -2.56. The van der Waals surface area contributed by atoms with Crippen LogP contribution in [0.1, 0.15) is 44.4 Å². The molecule has 0 bridgehead atoms. The Morgan fingerprint density at radius 2 is 1.49 bits per heavy atom. The lowest BCUT2D eigenvalue weighted by molar-refractivity contribution is -0.143. The maximum absolute atomic E-state index is 13.9. The largest absolute Gasteiger partial charge is 0.391 e. The molecule has 0 spiro atoms. The number of nitrogens with zero attached hydrogens (tertiary/aromatic N) is 2. The number of ether oxygens (including phenoxy) is 6. The van der Waals surface area contributed by atoms with Gasteiger partial charge < -0.3 is 54.8 Å². The Kier molecular flexibility index (Phi) is 21.6. The predicted octanol–water partition coefficient (Wildman–Crippen LogP) is 1.68. The van der Waals surface area contributed by atoms with Gasteiger partial charge in [0.2, 0.25) is 17.7 Å². The predicted molar refractivity (Wildman–Crippen MR) is 200 cm³/mol. The molecule has 1 fully saturated rings. The smallest absolute Gasteiger partial charge is 0.246 e. The Bertz CT molecular complexity index is 1330. The zero-order valence-corrected chi connectivity index (χ0v) is 32.2. The van der Waals surface area contributed by atoms with Crippen molar-refractivity contribution in [2.45, 2.75) is 64.8 Å². The standard InChI is InChI=1S/C37H59N5O10S/c1-4-5-27(2)34(41-33(44)25-52-21-20-51-19-18-50-17-16-49-15-14-48-13-12-47-11-10-38)37(46)42-24-31(43)22-32(42)36(45)39-23-29-6-8-30(9-7-29)35-28(3)40-26-53-35/h6-9,26-27,31-32,34,43H,4-5,10-25,38H2,1-3H3,(H,39,45)(H,41,44)/t27?,31-,32+,34+/m1/s1. The van der Waals surface area contributed by atoms with Gasteiger partial charge in [-0.3, -0.25) is 14.4 Å². The highest BCUT2D eigenvalue weighted by atomic mass is 32.1. The number of rotatable bonds is 28. The molecule has 0 radical (unpaired) electrons. The molecule has 2 heterocycles. The number of amides is 3. The summed E-state index contributed by atoms with van der Waals surface area (Å²) in [4.78, 5) is 46.9. The number of aliphatic hydroxyl groups excluding tert-OH is 1. The Hall–Kier alpha value is -3.06. The lowest BCUT2D eigenvalue weighted by Gasteiger charge is -2.31. The van der Waals surface area contributed by atoms with E-state index in [1.807, 2.05) is 50.5 Å². The van der Waals surface area contributed by atoms with Crippen LogP contribution in [0.15, 0.2) is 29.8 Å². The van der Waals surface area contributed by atoms with Gasteiger partial charge in [0.15, 0.2) is 0 Å². The molecule has 1 aliphatic rings. The number of benzene rings is 1. The van der Waals surface area contributed by atoms with E-state index in [-0.39, 0.29) is 51.2 Å². The zero-order valence-electron chi connectivity index (χ0n) is 31.4. The number of carbonyl (C=O) groups excluding carboxylic acids is 3. The number of aliphatic hydroxyl groups is 1. The first-order chi connectivity index (χ1) is 25.7. The second-order valence-corrected chi connectivity index (χ2v) is 13.6. The Balaban J connectivity index is 1.34. The number of nitrogens with one attached hydrogen (secondary N) is 2. The molecular formula is C37H59N5O10S. The first-order valence-corrected chi connectivity index (χ1v) is 19.3. The van der Waals surface area contributed by atoms with Crippen molar-refractivity contribution in [1.82, 2.24) is 20.5 Å². The molecule has 1 unspecified atom stereocenters. The van der Waals surface area contributed by atoms with Crippen molar-refractivity contribution in [2.75, 3.05) is 92.4 Å². The van der Waals surface area contributed by atoms with Crippen LogP contribution in [-0.4, -0.2) is 143 Å². The van der Waals surface area contributed by atoms with E-state index in [1.165, 1.54) is 4.90 Å². The maximum Gasteiger partial charge on any atom is 0.246 e. The van der Waals surface area contributed by atoms with Crippen molar-refractivity contribution in [2.24, 2.45) is 11.7 Å². The molecule has 5 N–H and O–H groups in total. The summed E-state index contributed by atoms with van der Waals surface area (Å²) in [6, 6.07) is 6.16. The Labute approximate surface area is 317 Å². The molecule has 16 heteroatoms. The summed E-state index contributed by atoms with van der Waals surface area (Å²) >= 11 is 1.58. The fourth-order valence-corrected chi connectivity index (χ4v) is 6.59. The second-order valence-electron chi connectivity index (χ2n) is 12.8. The third-order valence-corrected chi connectivity index (χ3v) is 9.52. The molecule has 1 saturated heterocycles. The van der Waals surface area contributed by atoms with E-state index in [2.05, 4.69) is 15.6 Å². The third kappa shape index (κ3) is 16.5. The Morgan fingerprint density at radius 3 is 2.02 bits per heavy atom. The van der Waals surface area contributed by atoms with Gasteiger partial charge >= 0.3 is 0 Å². The highest BCUT2D eigenvalue weighted by Gasteiger charge is 2.42. The van der Waals surface area contributed by atoms with Gasteiger partial charge in [0.1, 0.15) is 18.7 Å². The third-order valence-electron chi connectivity index (χ3n) is 8.54. The van der Waals surface area contributed by atoms with Crippen LogP contribution in [0.25, 0.3) is 10.4 Å². The van der Waals surface area contributed by atoms with E-state index < -0.39 is 30.0 Å². The van der Waals surface area contributed by atoms with Crippen molar-refractivity contribution in [1.29, 1.82) is 0 Å². The van der Waals surface area contributed by atoms with Gasteiger partial charge in [-0.15, -0.1) is 11.3 Å². The molecule has 3 rings (SSSR count). The monoisotopic (exact) mass is 765 g/mol. The average Bonchev–Trinajstić information content (AvgIpc) is 3.77.